The van der Waals surface area contributed by atoms with Crippen molar-refractivity contribution in [1.29, 1.82) is 0 Å². The Bertz CT molecular complexity index is 580. The fraction of sp³-hybridized carbons (Fsp3) is 0.286. The van der Waals surface area contributed by atoms with E-state index in [4.69, 9.17) is 5.73 Å². The van der Waals surface area contributed by atoms with Crippen LogP contribution < -0.4 is 5.73 Å². The maximum absolute atomic E-state index is 12.3. The van der Waals surface area contributed by atoms with Crippen molar-refractivity contribution in [2.45, 2.75) is 6.92 Å². The van der Waals surface area contributed by atoms with E-state index in [0.29, 0.717) is 18.7 Å². The number of rotatable bonds is 3. The lowest BCUT2D eigenvalue weighted by atomic mass is 10.1. The molecule has 0 radical (unpaired) electrons. The molecule has 1 heterocycles. The second-order valence-corrected chi connectivity index (χ2v) is 4.34. The molecule has 0 saturated carbocycles. The average molecular weight is 243 g/mol. The summed E-state index contributed by atoms with van der Waals surface area (Å²) in [7, 11) is 1.76. The minimum Gasteiger partial charge on any atom is -0.340 e. The van der Waals surface area contributed by atoms with Gasteiger partial charge in [0.25, 0.3) is 5.91 Å². The predicted molar refractivity (Wildman–Crippen MR) is 72.5 cm³/mol. The highest BCUT2D eigenvalue weighted by molar-refractivity contribution is 6.06. The maximum Gasteiger partial charge on any atom is 0.254 e. The van der Waals surface area contributed by atoms with Gasteiger partial charge < -0.3 is 10.6 Å². The number of aromatic nitrogens is 1. The van der Waals surface area contributed by atoms with Gasteiger partial charge in [-0.2, -0.15) is 0 Å². The quantitative estimate of drug-likeness (QED) is 0.890. The first-order valence-corrected chi connectivity index (χ1v) is 5.95. The number of pyridine rings is 1. The highest BCUT2D eigenvalue weighted by Gasteiger charge is 2.15. The van der Waals surface area contributed by atoms with E-state index in [9.17, 15) is 4.79 Å². The van der Waals surface area contributed by atoms with E-state index in [0.717, 1.165) is 16.6 Å². The van der Waals surface area contributed by atoms with Gasteiger partial charge in [0.2, 0.25) is 0 Å². The Kier molecular flexibility index (Phi) is 3.58. The molecule has 0 spiro atoms. The van der Waals surface area contributed by atoms with Crippen LogP contribution >= 0.6 is 0 Å². The lowest BCUT2D eigenvalue weighted by Gasteiger charge is -2.17. The summed E-state index contributed by atoms with van der Waals surface area (Å²) in [4.78, 5) is 18.4. The van der Waals surface area contributed by atoms with Crippen LogP contribution in [0.1, 0.15) is 16.1 Å². The van der Waals surface area contributed by atoms with Gasteiger partial charge in [-0.15, -0.1) is 0 Å². The van der Waals surface area contributed by atoms with Crippen molar-refractivity contribution in [3.8, 4) is 0 Å². The van der Waals surface area contributed by atoms with Gasteiger partial charge in [0, 0.05) is 31.2 Å². The van der Waals surface area contributed by atoms with E-state index >= 15 is 0 Å². The molecule has 2 rings (SSSR count). The van der Waals surface area contributed by atoms with Crippen molar-refractivity contribution in [2.24, 2.45) is 5.73 Å². The number of benzene rings is 1. The summed E-state index contributed by atoms with van der Waals surface area (Å²) in [5.41, 5.74) is 7.87. The highest BCUT2D eigenvalue weighted by atomic mass is 16.2. The number of hydrogen-bond acceptors (Lipinski definition) is 3. The largest absolute Gasteiger partial charge is 0.340 e. The second-order valence-electron chi connectivity index (χ2n) is 4.34. The van der Waals surface area contributed by atoms with Crippen LogP contribution in [0, 0.1) is 6.92 Å². The summed E-state index contributed by atoms with van der Waals surface area (Å²) in [5.74, 6) is -0.0119. The zero-order valence-electron chi connectivity index (χ0n) is 10.7. The van der Waals surface area contributed by atoms with Crippen molar-refractivity contribution < 1.29 is 4.79 Å². The summed E-state index contributed by atoms with van der Waals surface area (Å²) in [6, 6.07) is 9.51. The Balaban J connectivity index is 2.53. The fourth-order valence-corrected chi connectivity index (χ4v) is 1.99. The summed E-state index contributed by atoms with van der Waals surface area (Å²) in [6.07, 6.45) is 0. The van der Waals surface area contributed by atoms with Crippen LogP contribution in [0.25, 0.3) is 10.9 Å². The standard InChI is InChI=1S/C14H17N3O/c1-10-9-12(14(18)17(2)8-7-15)11-5-3-4-6-13(11)16-10/h3-6,9H,7-8,15H2,1-2H3. The number of amides is 1. The number of hydrogen-bond donors (Lipinski definition) is 1. The van der Waals surface area contributed by atoms with Gasteiger partial charge in [0.15, 0.2) is 0 Å². The van der Waals surface area contributed by atoms with Crippen molar-refractivity contribution in [1.82, 2.24) is 9.88 Å². The third-order valence-corrected chi connectivity index (χ3v) is 2.89. The Morgan fingerprint density at radius 3 is 2.83 bits per heavy atom. The van der Waals surface area contributed by atoms with Crippen LogP contribution in [0.5, 0.6) is 0 Å². The first kappa shape index (κ1) is 12.5. The monoisotopic (exact) mass is 243 g/mol. The minimum atomic E-state index is -0.0119. The molecule has 0 unspecified atom stereocenters. The highest BCUT2D eigenvalue weighted by Crippen LogP contribution is 2.19. The Labute approximate surface area is 106 Å². The Morgan fingerprint density at radius 1 is 1.39 bits per heavy atom. The third kappa shape index (κ3) is 2.33. The van der Waals surface area contributed by atoms with Crippen LogP contribution in [0.15, 0.2) is 30.3 Å². The molecular weight excluding hydrogens is 226 g/mol. The van der Waals surface area contributed by atoms with Gasteiger partial charge in [-0.1, -0.05) is 18.2 Å². The van der Waals surface area contributed by atoms with Crippen molar-refractivity contribution in [3.05, 3.63) is 41.6 Å². The van der Waals surface area contributed by atoms with E-state index in [2.05, 4.69) is 4.98 Å². The Hall–Kier alpha value is -1.94. The van der Waals surface area contributed by atoms with E-state index in [1.165, 1.54) is 0 Å². The van der Waals surface area contributed by atoms with Crippen LogP contribution in [0.4, 0.5) is 0 Å². The molecular formula is C14H17N3O. The first-order valence-electron chi connectivity index (χ1n) is 5.95. The number of carbonyl (C=O) groups is 1. The van der Waals surface area contributed by atoms with Crippen molar-refractivity contribution in [2.75, 3.05) is 20.1 Å². The molecule has 0 atom stereocenters. The maximum atomic E-state index is 12.3. The van der Waals surface area contributed by atoms with E-state index in [-0.39, 0.29) is 5.91 Å². The van der Waals surface area contributed by atoms with Gasteiger partial charge in [-0.25, -0.2) is 0 Å². The summed E-state index contributed by atoms with van der Waals surface area (Å²) in [5, 5.41) is 0.886. The van der Waals surface area contributed by atoms with Gasteiger partial charge in [-0.05, 0) is 19.1 Å². The van der Waals surface area contributed by atoms with Gasteiger partial charge in [0.05, 0.1) is 11.1 Å². The van der Waals surface area contributed by atoms with Crippen molar-refractivity contribution in [3.63, 3.8) is 0 Å². The predicted octanol–water partition coefficient (Wildman–Crippen LogP) is 1.57. The first-order chi connectivity index (χ1) is 8.63. The third-order valence-electron chi connectivity index (χ3n) is 2.89. The molecule has 1 amide bonds. The lowest BCUT2D eigenvalue weighted by molar-refractivity contribution is 0.0801. The lowest BCUT2D eigenvalue weighted by Crippen LogP contribution is -2.31. The van der Waals surface area contributed by atoms with E-state index in [1.807, 2.05) is 37.3 Å². The average Bonchev–Trinajstić information content (AvgIpc) is 2.37. The second kappa shape index (κ2) is 5.14. The molecule has 0 aliphatic carbocycles. The van der Waals surface area contributed by atoms with Crippen LogP contribution in [0.3, 0.4) is 0 Å². The molecule has 0 aliphatic heterocycles. The van der Waals surface area contributed by atoms with Gasteiger partial charge in [-0.3, -0.25) is 9.78 Å². The summed E-state index contributed by atoms with van der Waals surface area (Å²) in [6.45, 7) is 2.91. The SMILES string of the molecule is Cc1cc(C(=O)N(C)CCN)c2ccccc2n1. The molecule has 94 valence electrons. The molecule has 0 fully saturated rings. The number of fused-ring (bicyclic) bond motifs is 1. The van der Waals surface area contributed by atoms with E-state index in [1.54, 1.807) is 11.9 Å². The zero-order valence-corrected chi connectivity index (χ0v) is 10.7. The van der Waals surface area contributed by atoms with Crippen LogP contribution in [-0.4, -0.2) is 35.9 Å². The molecule has 1 aromatic heterocycles. The number of likely N-dealkylation sites (N-methyl/N-ethyl adjacent to an activating group) is 1. The smallest absolute Gasteiger partial charge is 0.254 e. The number of nitrogens with zero attached hydrogens (tertiary/aromatic N) is 2. The number of aryl methyl sites for hydroxylation is 1. The summed E-state index contributed by atoms with van der Waals surface area (Å²) >= 11 is 0. The normalized spacial score (nSPS) is 10.6. The van der Waals surface area contributed by atoms with Crippen LogP contribution in [0.2, 0.25) is 0 Å². The minimum absolute atomic E-state index is 0.0119. The Morgan fingerprint density at radius 2 is 2.11 bits per heavy atom. The van der Waals surface area contributed by atoms with Crippen LogP contribution in [-0.2, 0) is 0 Å². The van der Waals surface area contributed by atoms with Crippen molar-refractivity contribution >= 4 is 16.8 Å². The zero-order chi connectivity index (χ0) is 13.1. The molecule has 2 aromatic rings. The molecule has 2 N–H and O–H groups in total. The molecule has 4 heteroatoms. The van der Waals surface area contributed by atoms with Gasteiger partial charge >= 0.3 is 0 Å². The summed E-state index contributed by atoms with van der Waals surface area (Å²) < 4.78 is 0. The molecule has 18 heavy (non-hydrogen) atoms. The number of para-hydroxylation sites is 1. The molecule has 4 nitrogen and oxygen atoms in total. The topological polar surface area (TPSA) is 59.2 Å². The molecule has 0 bridgehead atoms. The number of nitrogens with two attached hydrogens (primary N) is 1. The van der Waals surface area contributed by atoms with Gasteiger partial charge in [0.1, 0.15) is 0 Å². The molecule has 0 aliphatic rings. The molecule has 1 aromatic carbocycles. The fourth-order valence-electron chi connectivity index (χ4n) is 1.99. The number of carbonyl (C=O) groups excluding carboxylic acids is 1. The van der Waals surface area contributed by atoms with E-state index < -0.39 is 0 Å². The molecule has 0 saturated heterocycles.